The molecule has 0 atom stereocenters. The van der Waals surface area contributed by atoms with Crippen LogP contribution in [0.15, 0.2) is 52.0 Å². The molecule has 0 aliphatic carbocycles. The van der Waals surface area contributed by atoms with Crippen LogP contribution >= 0.6 is 0 Å². The number of rotatable bonds is 3. The second-order valence-corrected chi connectivity index (χ2v) is 6.27. The Hall–Kier alpha value is -4.08. The number of fused-ring (bicyclic) bond motifs is 1. The van der Waals surface area contributed by atoms with Crippen molar-refractivity contribution in [3.8, 4) is 28.8 Å². The minimum Gasteiger partial charge on any atom is -0.330 e. The van der Waals surface area contributed by atoms with Gasteiger partial charge >= 0.3 is 5.69 Å². The summed E-state index contributed by atoms with van der Waals surface area (Å²) >= 11 is 0. The summed E-state index contributed by atoms with van der Waals surface area (Å²) in [5.74, 6) is 1.39. The number of nitrogens with zero attached hydrogens (tertiary/aromatic N) is 7. The minimum absolute atomic E-state index is 0.186. The van der Waals surface area contributed by atoms with E-state index in [2.05, 4.69) is 30.2 Å². The average molecular weight is 374 g/mol. The zero-order chi connectivity index (χ0) is 19.3. The van der Waals surface area contributed by atoms with E-state index >= 15 is 0 Å². The van der Waals surface area contributed by atoms with Gasteiger partial charge in [0.2, 0.25) is 11.6 Å². The van der Waals surface area contributed by atoms with E-state index in [1.807, 2.05) is 44.2 Å². The van der Waals surface area contributed by atoms with Crippen molar-refractivity contribution in [1.82, 2.24) is 39.3 Å². The molecule has 0 aliphatic rings. The number of benzene rings is 1. The van der Waals surface area contributed by atoms with Gasteiger partial charge in [-0.1, -0.05) is 5.16 Å². The summed E-state index contributed by atoms with van der Waals surface area (Å²) in [5, 5.41) is 8.37. The van der Waals surface area contributed by atoms with Crippen LogP contribution in [0, 0.1) is 13.8 Å². The van der Waals surface area contributed by atoms with Gasteiger partial charge in [0.1, 0.15) is 0 Å². The van der Waals surface area contributed by atoms with E-state index in [1.54, 1.807) is 21.5 Å². The highest BCUT2D eigenvalue weighted by molar-refractivity contribution is 5.59. The fourth-order valence-electron chi connectivity index (χ4n) is 2.96. The second-order valence-electron chi connectivity index (χ2n) is 6.27. The lowest BCUT2D eigenvalue weighted by molar-refractivity contribution is 0.429. The monoisotopic (exact) mass is 374 g/mol. The van der Waals surface area contributed by atoms with Crippen molar-refractivity contribution in [2.75, 3.05) is 0 Å². The van der Waals surface area contributed by atoms with Crippen LogP contribution in [0.4, 0.5) is 0 Å². The number of H-pyrrole nitrogens is 1. The van der Waals surface area contributed by atoms with Gasteiger partial charge in [-0.25, -0.2) is 14.3 Å². The zero-order valence-electron chi connectivity index (χ0n) is 15.0. The fourth-order valence-corrected chi connectivity index (χ4v) is 2.96. The van der Waals surface area contributed by atoms with E-state index < -0.39 is 0 Å². The third kappa shape index (κ3) is 2.50. The van der Waals surface area contributed by atoms with Crippen molar-refractivity contribution < 1.29 is 4.52 Å². The SMILES string of the molecule is Cc1c[nH]c(=O)n1-c1ccc(-c2noc(-c3nc4nccc(C)n4n3)n2)cc1. The summed E-state index contributed by atoms with van der Waals surface area (Å²) in [6.45, 7) is 3.77. The summed E-state index contributed by atoms with van der Waals surface area (Å²) < 4.78 is 8.53. The van der Waals surface area contributed by atoms with Crippen molar-refractivity contribution in [2.24, 2.45) is 0 Å². The van der Waals surface area contributed by atoms with Crippen molar-refractivity contribution in [3.05, 3.63) is 64.6 Å². The Bertz CT molecular complexity index is 1360. The Labute approximate surface area is 157 Å². The lowest BCUT2D eigenvalue weighted by atomic mass is 10.2. The van der Waals surface area contributed by atoms with E-state index in [1.165, 1.54) is 0 Å². The maximum Gasteiger partial charge on any atom is 0.330 e. The van der Waals surface area contributed by atoms with Crippen LogP contribution in [0.3, 0.4) is 0 Å². The smallest absolute Gasteiger partial charge is 0.330 e. The minimum atomic E-state index is -0.186. The predicted octanol–water partition coefficient (Wildman–Crippen LogP) is 1.94. The van der Waals surface area contributed by atoms with Crippen molar-refractivity contribution in [3.63, 3.8) is 0 Å². The largest absolute Gasteiger partial charge is 0.330 e. The number of hydrogen-bond acceptors (Lipinski definition) is 7. The molecule has 0 bridgehead atoms. The molecular weight excluding hydrogens is 360 g/mol. The lowest BCUT2D eigenvalue weighted by Crippen LogP contribution is -2.15. The van der Waals surface area contributed by atoms with Gasteiger partial charge in [-0.15, -0.1) is 5.10 Å². The summed E-state index contributed by atoms with van der Waals surface area (Å²) in [4.78, 5) is 27.4. The van der Waals surface area contributed by atoms with Crippen LogP contribution in [-0.4, -0.2) is 39.3 Å². The molecule has 4 aromatic heterocycles. The molecule has 0 amide bonds. The normalized spacial score (nSPS) is 11.4. The zero-order valence-corrected chi connectivity index (χ0v) is 15.0. The first-order valence-electron chi connectivity index (χ1n) is 8.50. The molecule has 28 heavy (non-hydrogen) atoms. The molecule has 1 N–H and O–H groups in total. The molecule has 138 valence electrons. The number of nitrogens with one attached hydrogen (secondary N) is 1. The molecule has 0 saturated carbocycles. The summed E-state index contributed by atoms with van der Waals surface area (Å²) in [6, 6.07) is 9.13. The van der Waals surface area contributed by atoms with Crippen LogP contribution in [0.2, 0.25) is 0 Å². The second kappa shape index (κ2) is 5.98. The number of aromatic amines is 1. The highest BCUT2D eigenvalue weighted by Crippen LogP contribution is 2.22. The number of aryl methyl sites for hydroxylation is 2. The average Bonchev–Trinajstić information content (AvgIpc) is 3.41. The topological polar surface area (TPSA) is 120 Å². The third-order valence-electron chi connectivity index (χ3n) is 4.39. The van der Waals surface area contributed by atoms with Crippen LogP contribution in [0.25, 0.3) is 34.6 Å². The Morgan fingerprint density at radius 2 is 1.82 bits per heavy atom. The summed E-state index contributed by atoms with van der Waals surface area (Å²) in [5.41, 5.74) is 3.03. The predicted molar refractivity (Wildman–Crippen MR) is 98.9 cm³/mol. The molecule has 0 fully saturated rings. The molecule has 1 aromatic carbocycles. The van der Waals surface area contributed by atoms with E-state index in [4.69, 9.17) is 4.52 Å². The molecule has 0 saturated heterocycles. The number of imidazole rings is 1. The molecule has 4 heterocycles. The molecule has 10 nitrogen and oxygen atoms in total. The highest BCUT2D eigenvalue weighted by Gasteiger charge is 2.17. The molecule has 0 aliphatic heterocycles. The Morgan fingerprint density at radius 3 is 2.54 bits per heavy atom. The van der Waals surface area contributed by atoms with Gasteiger partial charge in [0.05, 0.1) is 5.69 Å². The maximum absolute atomic E-state index is 11.9. The van der Waals surface area contributed by atoms with Crippen LogP contribution < -0.4 is 5.69 Å². The van der Waals surface area contributed by atoms with Crippen LogP contribution in [-0.2, 0) is 0 Å². The van der Waals surface area contributed by atoms with Gasteiger partial charge in [0.15, 0.2) is 0 Å². The fraction of sp³-hybridized carbons (Fsp3) is 0.111. The Balaban J connectivity index is 1.49. The standard InChI is InChI=1S/C18H14N8O2/c1-10-7-8-19-17-22-15(23-26(10)17)16-21-14(24-28-16)12-3-5-13(6-4-12)25-11(2)9-20-18(25)27/h3-9H,1-2H3,(H,20,27). The molecule has 0 radical (unpaired) electrons. The lowest BCUT2D eigenvalue weighted by Gasteiger charge is -2.04. The Morgan fingerprint density at radius 1 is 1.00 bits per heavy atom. The van der Waals surface area contributed by atoms with E-state index in [0.717, 1.165) is 22.6 Å². The number of hydrogen-bond donors (Lipinski definition) is 1. The van der Waals surface area contributed by atoms with E-state index in [0.29, 0.717) is 17.4 Å². The van der Waals surface area contributed by atoms with Gasteiger partial charge in [0, 0.05) is 29.3 Å². The van der Waals surface area contributed by atoms with Crippen LogP contribution in [0.1, 0.15) is 11.4 Å². The van der Waals surface area contributed by atoms with Gasteiger partial charge in [-0.2, -0.15) is 9.97 Å². The summed E-state index contributed by atoms with van der Waals surface area (Å²) in [7, 11) is 0. The first-order valence-corrected chi connectivity index (χ1v) is 8.50. The van der Waals surface area contributed by atoms with Gasteiger partial charge in [0.25, 0.3) is 11.7 Å². The van der Waals surface area contributed by atoms with E-state index in [-0.39, 0.29) is 11.6 Å². The van der Waals surface area contributed by atoms with E-state index in [9.17, 15) is 4.79 Å². The first-order chi connectivity index (χ1) is 13.6. The molecule has 5 aromatic rings. The van der Waals surface area contributed by atoms with Gasteiger partial charge < -0.3 is 9.51 Å². The van der Waals surface area contributed by atoms with Crippen molar-refractivity contribution in [2.45, 2.75) is 13.8 Å². The molecular formula is C18H14N8O2. The molecule has 10 heteroatoms. The maximum atomic E-state index is 11.9. The van der Waals surface area contributed by atoms with Crippen LogP contribution in [0.5, 0.6) is 0 Å². The summed E-state index contributed by atoms with van der Waals surface area (Å²) in [6.07, 6.45) is 3.33. The van der Waals surface area contributed by atoms with Gasteiger partial charge in [-0.05, 0) is 44.2 Å². The number of aromatic nitrogens is 8. The van der Waals surface area contributed by atoms with Crippen molar-refractivity contribution in [1.29, 1.82) is 0 Å². The van der Waals surface area contributed by atoms with Gasteiger partial charge in [-0.3, -0.25) is 4.57 Å². The quantitative estimate of drug-likeness (QED) is 0.512. The first kappa shape index (κ1) is 16.1. The Kier molecular flexibility index (Phi) is 3.44. The third-order valence-corrected chi connectivity index (χ3v) is 4.39. The highest BCUT2D eigenvalue weighted by atomic mass is 16.5. The molecule has 5 rings (SSSR count). The molecule has 0 unspecified atom stereocenters. The van der Waals surface area contributed by atoms with Crippen molar-refractivity contribution >= 4 is 5.78 Å². The molecule has 0 spiro atoms.